The maximum Gasteiger partial charge on any atom is 0.305 e. The summed E-state index contributed by atoms with van der Waals surface area (Å²) in [6, 6.07) is 12.2. The van der Waals surface area contributed by atoms with Gasteiger partial charge < -0.3 is 19.9 Å². The Morgan fingerprint density at radius 1 is 1.08 bits per heavy atom. The topological polar surface area (TPSA) is 103 Å². The molecule has 8 nitrogen and oxygen atoms in total. The first-order chi connectivity index (χ1) is 18.4. The largest absolute Gasteiger partial charge is 0.496 e. The number of benzene rings is 2. The van der Waals surface area contributed by atoms with E-state index in [2.05, 4.69) is 10.4 Å². The molecular weight excluding hydrogens is 489 g/mol. The van der Waals surface area contributed by atoms with Gasteiger partial charge in [0, 0.05) is 6.04 Å². The normalized spacial score (nSPS) is 14.6. The van der Waals surface area contributed by atoms with Crippen molar-refractivity contribution in [2.45, 2.75) is 57.4 Å². The van der Waals surface area contributed by atoms with E-state index >= 15 is 0 Å². The number of carboxylic acid groups (broad SMARTS) is 1. The van der Waals surface area contributed by atoms with E-state index in [0.29, 0.717) is 40.8 Å². The number of aromatic nitrogens is 2. The Bertz CT molecular complexity index is 1230. The summed E-state index contributed by atoms with van der Waals surface area (Å²) < 4.78 is 26.3. The smallest absolute Gasteiger partial charge is 0.305 e. The molecule has 1 aliphatic carbocycles. The van der Waals surface area contributed by atoms with E-state index in [9.17, 15) is 19.1 Å². The molecule has 0 unspecified atom stereocenters. The van der Waals surface area contributed by atoms with Gasteiger partial charge in [-0.25, -0.2) is 9.07 Å². The molecule has 0 radical (unpaired) electrons. The Balaban J connectivity index is 1.67. The van der Waals surface area contributed by atoms with Crippen LogP contribution in [0.3, 0.4) is 0 Å². The molecule has 1 fully saturated rings. The molecule has 2 aromatic carbocycles. The van der Waals surface area contributed by atoms with Crippen LogP contribution in [0.4, 0.5) is 4.39 Å². The number of methoxy groups -OCH3 is 2. The van der Waals surface area contributed by atoms with E-state index in [0.717, 1.165) is 19.3 Å². The minimum absolute atomic E-state index is 0.102. The summed E-state index contributed by atoms with van der Waals surface area (Å²) in [6.07, 6.45) is 7.28. The zero-order valence-electron chi connectivity index (χ0n) is 21.8. The summed E-state index contributed by atoms with van der Waals surface area (Å²) in [5.41, 5.74) is 1.72. The van der Waals surface area contributed by atoms with Crippen molar-refractivity contribution in [3.63, 3.8) is 0 Å². The molecule has 202 valence electrons. The number of nitrogens with one attached hydrogen (secondary N) is 1. The van der Waals surface area contributed by atoms with Crippen LogP contribution in [0.1, 0.15) is 61.9 Å². The number of hydrogen-bond acceptors (Lipinski definition) is 5. The van der Waals surface area contributed by atoms with Crippen molar-refractivity contribution in [1.29, 1.82) is 0 Å². The van der Waals surface area contributed by atoms with Gasteiger partial charge in [-0.05, 0) is 61.2 Å². The molecular formula is C29H34FN3O5. The number of nitrogens with zero attached hydrogens (tertiary/aromatic N) is 2. The summed E-state index contributed by atoms with van der Waals surface area (Å²) in [5, 5.41) is 16.9. The predicted molar refractivity (Wildman–Crippen MR) is 141 cm³/mol. The van der Waals surface area contributed by atoms with Crippen LogP contribution in [0, 0.1) is 11.7 Å². The molecule has 4 rings (SSSR count). The van der Waals surface area contributed by atoms with E-state index in [4.69, 9.17) is 9.47 Å². The number of rotatable bonds is 11. The first kappa shape index (κ1) is 27.2. The van der Waals surface area contributed by atoms with Crippen LogP contribution in [0.15, 0.2) is 48.5 Å². The fraction of sp³-hybridized carbons (Fsp3) is 0.414. The highest BCUT2D eigenvalue weighted by molar-refractivity contribution is 5.94. The first-order valence-electron chi connectivity index (χ1n) is 13.0. The summed E-state index contributed by atoms with van der Waals surface area (Å²) in [5.74, 6) is -0.248. The third-order valence-corrected chi connectivity index (χ3v) is 7.10. The van der Waals surface area contributed by atoms with Crippen molar-refractivity contribution < 1.29 is 28.6 Å². The standard InChI is InChI=1S/C29H34FN3O5/c1-37-25-9-6-10-26(38-2)28(25)24-18-23(32-33(24)22-15-12-20(30)13-16-22)29(36)31-21(17-27(34)35)14-11-19-7-4-3-5-8-19/h6,9-10,12-13,15-16,18-19,21H,3-5,7-8,11,14,17H2,1-2H3,(H,31,36)(H,34,35)/t21-/m0/s1. The van der Waals surface area contributed by atoms with Gasteiger partial charge in [-0.3, -0.25) is 9.59 Å². The quantitative estimate of drug-likeness (QED) is 0.338. The van der Waals surface area contributed by atoms with Crippen LogP contribution in [0.2, 0.25) is 0 Å². The van der Waals surface area contributed by atoms with Gasteiger partial charge in [0.15, 0.2) is 5.69 Å². The molecule has 1 atom stereocenters. The zero-order valence-corrected chi connectivity index (χ0v) is 21.8. The third-order valence-electron chi connectivity index (χ3n) is 7.10. The Kier molecular flexibility index (Phi) is 8.99. The van der Waals surface area contributed by atoms with Crippen molar-refractivity contribution in [3.8, 4) is 28.4 Å². The second-order valence-corrected chi connectivity index (χ2v) is 9.69. The fourth-order valence-electron chi connectivity index (χ4n) is 5.16. The number of carboxylic acids is 1. The average Bonchev–Trinajstić information content (AvgIpc) is 3.37. The highest BCUT2D eigenvalue weighted by atomic mass is 19.1. The molecule has 1 aromatic heterocycles. The predicted octanol–water partition coefficient (Wildman–Crippen LogP) is 5.63. The molecule has 0 spiro atoms. The van der Waals surface area contributed by atoms with Crippen LogP contribution in [0.5, 0.6) is 11.5 Å². The molecule has 1 aliphatic rings. The Labute approximate surface area is 221 Å². The minimum Gasteiger partial charge on any atom is -0.496 e. The molecule has 9 heteroatoms. The number of ether oxygens (including phenoxy) is 2. The lowest BCUT2D eigenvalue weighted by atomic mass is 9.85. The van der Waals surface area contributed by atoms with Gasteiger partial charge in [0.2, 0.25) is 0 Å². The first-order valence-corrected chi connectivity index (χ1v) is 13.0. The average molecular weight is 524 g/mol. The second kappa shape index (κ2) is 12.6. The zero-order chi connectivity index (χ0) is 27.1. The molecule has 0 bridgehead atoms. The van der Waals surface area contributed by atoms with Crippen molar-refractivity contribution in [2.24, 2.45) is 5.92 Å². The highest BCUT2D eigenvalue weighted by Crippen LogP contribution is 2.39. The lowest BCUT2D eigenvalue weighted by molar-refractivity contribution is -0.137. The van der Waals surface area contributed by atoms with Crippen molar-refractivity contribution in [1.82, 2.24) is 15.1 Å². The molecule has 1 heterocycles. The fourth-order valence-corrected chi connectivity index (χ4v) is 5.16. The van der Waals surface area contributed by atoms with Crippen LogP contribution >= 0.6 is 0 Å². The van der Waals surface area contributed by atoms with Gasteiger partial charge in [-0.15, -0.1) is 0 Å². The molecule has 0 saturated heterocycles. The summed E-state index contributed by atoms with van der Waals surface area (Å²) >= 11 is 0. The summed E-state index contributed by atoms with van der Waals surface area (Å²) in [4.78, 5) is 24.9. The van der Waals surface area contributed by atoms with Gasteiger partial charge in [-0.2, -0.15) is 5.10 Å². The maximum atomic E-state index is 13.7. The van der Waals surface area contributed by atoms with Gasteiger partial charge in [0.1, 0.15) is 17.3 Å². The summed E-state index contributed by atoms with van der Waals surface area (Å²) in [6.45, 7) is 0. The van der Waals surface area contributed by atoms with E-state index < -0.39 is 23.7 Å². The lowest BCUT2D eigenvalue weighted by Gasteiger charge is -2.24. The van der Waals surface area contributed by atoms with Crippen LogP contribution in [0.25, 0.3) is 16.9 Å². The van der Waals surface area contributed by atoms with Crippen LogP contribution < -0.4 is 14.8 Å². The molecule has 3 aromatic rings. The Morgan fingerprint density at radius 3 is 2.34 bits per heavy atom. The number of hydrogen-bond donors (Lipinski definition) is 2. The minimum atomic E-state index is -0.963. The SMILES string of the molecule is COc1cccc(OC)c1-c1cc(C(=O)N[C@@H](CCC2CCCCC2)CC(=O)O)nn1-c1ccc(F)cc1. The van der Waals surface area contributed by atoms with Gasteiger partial charge in [0.05, 0.1) is 37.6 Å². The second-order valence-electron chi connectivity index (χ2n) is 9.69. The van der Waals surface area contributed by atoms with E-state index in [1.807, 2.05) is 0 Å². The molecule has 38 heavy (non-hydrogen) atoms. The summed E-state index contributed by atoms with van der Waals surface area (Å²) in [7, 11) is 3.07. The number of halogens is 1. The van der Waals surface area contributed by atoms with Crippen LogP contribution in [-0.2, 0) is 4.79 Å². The third kappa shape index (κ3) is 6.51. The lowest BCUT2D eigenvalue weighted by Crippen LogP contribution is -2.37. The van der Waals surface area contributed by atoms with Crippen molar-refractivity contribution >= 4 is 11.9 Å². The monoisotopic (exact) mass is 523 g/mol. The van der Waals surface area contributed by atoms with E-state index in [-0.39, 0.29) is 12.1 Å². The number of amides is 1. The van der Waals surface area contributed by atoms with Gasteiger partial charge in [0.25, 0.3) is 5.91 Å². The molecule has 2 N–H and O–H groups in total. The van der Waals surface area contributed by atoms with Crippen molar-refractivity contribution in [3.05, 3.63) is 60.0 Å². The molecule has 1 amide bonds. The van der Waals surface area contributed by atoms with Crippen LogP contribution in [-0.4, -0.2) is 47.0 Å². The van der Waals surface area contributed by atoms with Crippen molar-refractivity contribution in [2.75, 3.05) is 14.2 Å². The Hall–Kier alpha value is -3.88. The molecule has 0 aliphatic heterocycles. The molecule has 1 saturated carbocycles. The van der Waals surface area contributed by atoms with E-state index in [1.165, 1.54) is 50.3 Å². The van der Waals surface area contributed by atoms with E-state index in [1.54, 1.807) is 36.4 Å². The maximum absolute atomic E-state index is 13.7. The van der Waals surface area contributed by atoms with Gasteiger partial charge in [-0.1, -0.05) is 38.2 Å². The van der Waals surface area contributed by atoms with Gasteiger partial charge >= 0.3 is 5.97 Å². The number of carbonyl (C=O) groups is 2. The number of aliphatic carboxylic acids is 1. The Morgan fingerprint density at radius 2 is 1.74 bits per heavy atom. The number of carbonyl (C=O) groups excluding carboxylic acids is 1. The highest BCUT2D eigenvalue weighted by Gasteiger charge is 2.25.